The van der Waals surface area contributed by atoms with Crippen molar-refractivity contribution in [2.45, 2.75) is 71.9 Å². The van der Waals surface area contributed by atoms with Gasteiger partial charge in [-0.15, -0.1) is 0 Å². The molecule has 1 rings (SSSR count). The average Bonchev–Trinajstić information content (AvgIpc) is 2.82. The van der Waals surface area contributed by atoms with Gasteiger partial charge in [-0.1, -0.05) is 40.5 Å². The Morgan fingerprint density at radius 3 is 2.41 bits per heavy atom. The lowest BCUT2D eigenvalue weighted by atomic mass is 9.80. The van der Waals surface area contributed by atoms with Crippen LogP contribution in [0.25, 0.3) is 0 Å². The Bertz CT molecular complexity index is 191. The monoisotopic (exact) mass is 241 g/mol. The van der Waals surface area contributed by atoms with E-state index in [0.717, 1.165) is 31.4 Å². The van der Waals surface area contributed by atoms with Gasteiger partial charge in [0.25, 0.3) is 0 Å². The number of hydrogen-bond donors (Lipinski definition) is 1. The lowest BCUT2D eigenvalue weighted by Crippen LogP contribution is -2.45. The molecule has 0 aliphatic carbocycles. The first-order chi connectivity index (χ1) is 8.28. The van der Waals surface area contributed by atoms with Crippen LogP contribution in [0.5, 0.6) is 0 Å². The number of hydrogen-bond acceptors (Lipinski definition) is 2. The topological polar surface area (TPSA) is 21.3 Å². The molecule has 0 bridgehead atoms. The largest absolute Gasteiger partial charge is 0.378 e. The van der Waals surface area contributed by atoms with Gasteiger partial charge in [-0.3, -0.25) is 0 Å². The maximum atomic E-state index is 5.87. The zero-order valence-corrected chi connectivity index (χ0v) is 12.2. The molecule has 0 saturated carbocycles. The minimum Gasteiger partial charge on any atom is -0.378 e. The second-order valence-corrected chi connectivity index (χ2v) is 5.33. The summed E-state index contributed by atoms with van der Waals surface area (Å²) in [6.45, 7) is 11.3. The zero-order chi connectivity index (χ0) is 12.7. The van der Waals surface area contributed by atoms with Crippen molar-refractivity contribution in [3.05, 3.63) is 0 Å². The molecule has 1 aliphatic rings. The summed E-state index contributed by atoms with van der Waals surface area (Å²) in [6, 6.07) is 0.664. The fourth-order valence-corrected chi connectivity index (χ4v) is 3.27. The quantitative estimate of drug-likeness (QED) is 0.701. The van der Waals surface area contributed by atoms with Crippen molar-refractivity contribution < 1.29 is 4.74 Å². The van der Waals surface area contributed by atoms with E-state index in [4.69, 9.17) is 4.74 Å². The van der Waals surface area contributed by atoms with Gasteiger partial charge in [0.1, 0.15) is 0 Å². The normalized spacial score (nSPS) is 26.6. The van der Waals surface area contributed by atoms with E-state index in [-0.39, 0.29) is 0 Å². The summed E-state index contributed by atoms with van der Waals surface area (Å²) in [4.78, 5) is 0. The van der Waals surface area contributed by atoms with Crippen molar-refractivity contribution >= 4 is 0 Å². The van der Waals surface area contributed by atoms with Crippen LogP contribution in [0.1, 0.15) is 59.8 Å². The van der Waals surface area contributed by atoms with Gasteiger partial charge in [-0.2, -0.15) is 0 Å². The molecule has 102 valence electrons. The predicted octanol–water partition coefficient (Wildman–Crippen LogP) is 3.61. The van der Waals surface area contributed by atoms with Crippen LogP contribution in [0.15, 0.2) is 0 Å². The highest BCUT2D eigenvalue weighted by molar-refractivity contribution is 4.89. The third-order valence-electron chi connectivity index (χ3n) is 4.31. The number of rotatable bonds is 8. The van der Waals surface area contributed by atoms with Crippen LogP contribution in [0.4, 0.5) is 0 Å². The summed E-state index contributed by atoms with van der Waals surface area (Å²) in [6.07, 6.45) is 6.69. The minimum atomic E-state index is 0.491. The average molecular weight is 241 g/mol. The summed E-state index contributed by atoms with van der Waals surface area (Å²) in [7, 11) is 0. The SMILES string of the molecule is CCCNC(C(CC)CC)C1CCOC1CC. The van der Waals surface area contributed by atoms with E-state index in [1.54, 1.807) is 0 Å². The molecule has 0 aromatic heterocycles. The standard InChI is InChI=1S/C15H31NO/c1-5-10-16-15(12(6-2)7-3)13-9-11-17-14(13)8-4/h12-16H,5-11H2,1-4H3. The van der Waals surface area contributed by atoms with Gasteiger partial charge in [0.05, 0.1) is 6.10 Å². The van der Waals surface area contributed by atoms with E-state index >= 15 is 0 Å². The summed E-state index contributed by atoms with van der Waals surface area (Å²) >= 11 is 0. The highest BCUT2D eigenvalue weighted by atomic mass is 16.5. The van der Waals surface area contributed by atoms with Gasteiger partial charge in [0.15, 0.2) is 0 Å². The van der Waals surface area contributed by atoms with Gasteiger partial charge in [0.2, 0.25) is 0 Å². The molecule has 0 aromatic carbocycles. The molecule has 17 heavy (non-hydrogen) atoms. The molecule has 0 radical (unpaired) electrons. The fourth-order valence-electron chi connectivity index (χ4n) is 3.27. The smallest absolute Gasteiger partial charge is 0.0616 e. The molecule has 0 aromatic rings. The maximum Gasteiger partial charge on any atom is 0.0616 e. The first-order valence-electron chi connectivity index (χ1n) is 7.63. The summed E-state index contributed by atoms with van der Waals surface area (Å²) in [5.41, 5.74) is 0. The van der Waals surface area contributed by atoms with Gasteiger partial charge in [0, 0.05) is 18.6 Å². The Kier molecular flexibility index (Phi) is 7.14. The van der Waals surface area contributed by atoms with Crippen molar-refractivity contribution in [1.29, 1.82) is 0 Å². The summed E-state index contributed by atoms with van der Waals surface area (Å²) in [5.74, 6) is 1.54. The Morgan fingerprint density at radius 1 is 1.18 bits per heavy atom. The van der Waals surface area contributed by atoms with Crippen molar-refractivity contribution in [3.8, 4) is 0 Å². The number of nitrogens with one attached hydrogen (secondary N) is 1. The number of ether oxygens (including phenoxy) is 1. The molecule has 3 unspecified atom stereocenters. The van der Waals surface area contributed by atoms with E-state index < -0.39 is 0 Å². The van der Waals surface area contributed by atoms with Crippen molar-refractivity contribution in [1.82, 2.24) is 5.32 Å². The Labute approximate surface area is 108 Å². The fraction of sp³-hybridized carbons (Fsp3) is 1.00. The molecule has 3 atom stereocenters. The van der Waals surface area contributed by atoms with Crippen molar-refractivity contribution in [2.24, 2.45) is 11.8 Å². The van der Waals surface area contributed by atoms with E-state index in [0.29, 0.717) is 12.1 Å². The predicted molar refractivity (Wildman–Crippen MR) is 74.3 cm³/mol. The molecule has 2 nitrogen and oxygen atoms in total. The first kappa shape index (κ1) is 15.0. The zero-order valence-electron chi connectivity index (χ0n) is 12.2. The lowest BCUT2D eigenvalue weighted by molar-refractivity contribution is 0.0682. The van der Waals surface area contributed by atoms with Crippen LogP contribution in [0.2, 0.25) is 0 Å². The van der Waals surface area contributed by atoms with Crippen LogP contribution in [-0.2, 0) is 4.74 Å². The van der Waals surface area contributed by atoms with Crippen LogP contribution >= 0.6 is 0 Å². The van der Waals surface area contributed by atoms with E-state index in [2.05, 4.69) is 33.0 Å². The van der Waals surface area contributed by atoms with Gasteiger partial charge in [-0.05, 0) is 31.7 Å². The van der Waals surface area contributed by atoms with Crippen LogP contribution in [0, 0.1) is 11.8 Å². The van der Waals surface area contributed by atoms with Crippen molar-refractivity contribution in [3.63, 3.8) is 0 Å². The lowest BCUT2D eigenvalue weighted by Gasteiger charge is -2.34. The van der Waals surface area contributed by atoms with Gasteiger partial charge >= 0.3 is 0 Å². The van der Waals surface area contributed by atoms with Gasteiger partial charge < -0.3 is 10.1 Å². The molecule has 2 heteroatoms. The van der Waals surface area contributed by atoms with E-state index in [1.165, 1.54) is 25.7 Å². The van der Waals surface area contributed by atoms with Crippen LogP contribution in [0.3, 0.4) is 0 Å². The Balaban J connectivity index is 2.66. The van der Waals surface area contributed by atoms with Gasteiger partial charge in [-0.25, -0.2) is 0 Å². The summed E-state index contributed by atoms with van der Waals surface area (Å²) < 4.78 is 5.87. The molecular weight excluding hydrogens is 210 g/mol. The highest BCUT2D eigenvalue weighted by Crippen LogP contribution is 2.32. The van der Waals surface area contributed by atoms with E-state index in [9.17, 15) is 0 Å². The third-order valence-corrected chi connectivity index (χ3v) is 4.31. The van der Waals surface area contributed by atoms with E-state index in [1.807, 2.05) is 0 Å². The molecular formula is C15H31NO. The second kappa shape index (κ2) is 8.10. The highest BCUT2D eigenvalue weighted by Gasteiger charge is 2.36. The summed E-state index contributed by atoms with van der Waals surface area (Å²) in [5, 5.41) is 3.80. The molecule has 0 amide bonds. The third kappa shape index (κ3) is 3.96. The molecule has 1 saturated heterocycles. The Hall–Kier alpha value is -0.0800. The molecule has 1 heterocycles. The molecule has 0 spiro atoms. The molecule has 1 aliphatic heterocycles. The second-order valence-electron chi connectivity index (χ2n) is 5.33. The van der Waals surface area contributed by atoms with Crippen LogP contribution < -0.4 is 5.32 Å². The molecule has 1 N–H and O–H groups in total. The minimum absolute atomic E-state index is 0.491. The van der Waals surface area contributed by atoms with Crippen molar-refractivity contribution in [2.75, 3.05) is 13.2 Å². The Morgan fingerprint density at radius 2 is 1.88 bits per heavy atom. The maximum absolute atomic E-state index is 5.87. The van der Waals surface area contributed by atoms with Crippen LogP contribution in [-0.4, -0.2) is 25.3 Å². The first-order valence-corrected chi connectivity index (χ1v) is 7.63. The molecule has 1 fully saturated rings.